The molecular formula is C18H23BO. The van der Waals surface area contributed by atoms with Crippen LogP contribution in [0.1, 0.15) is 32.6 Å². The number of hydrogen-bond donors (Lipinski definition) is 0. The maximum Gasteiger partial charge on any atom is 0.176 e. The second-order valence-corrected chi connectivity index (χ2v) is 5.88. The zero-order chi connectivity index (χ0) is 13.8. The first-order valence-corrected chi connectivity index (χ1v) is 8.04. The molecular weight excluding hydrogens is 243 g/mol. The third kappa shape index (κ3) is 2.70. The molecule has 1 nitrogen and oxygen atoms in total. The Balaban J connectivity index is 1.96. The Kier molecular flexibility index (Phi) is 4.30. The molecule has 0 radical (unpaired) electrons. The third-order valence-electron chi connectivity index (χ3n) is 4.47. The summed E-state index contributed by atoms with van der Waals surface area (Å²) >= 11 is 0. The minimum Gasteiger partial charge on any atom is -0.493 e. The molecule has 0 aromatic heterocycles. The highest BCUT2D eigenvalue weighted by Gasteiger charge is 2.23. The normalized spacial score (nSPS) is 14.9. The van der Waals surface area contributed by atoms with Gasteiger partial charge in [0.05, 0.1) is 6.61 Å². The van der Waals surface area contributed by atoms with E-state index in [4.69, 9.17) is 4.74 Å². The average molecular weight is 266 g/mol. The van der Waals surface area contributed by atoms with Crippen molar-refractivity contribution in [1.29, 1.82) is 0 Å². The Morgan fingerprint density at radius 1 is 1.00 bits per heavy atom. The molecule has 2 aromatic rings. The fourth-order valence-electron chi connectivity index (χ4n) is 3.34. The van der Waals surface area contributed by atoms with Gasteiger partial charge in [-0.25, -0.2) is 0 Å². The van der Waals surface area contributed by atoms with Gasteiger partial charge in [-0.15, -0.1) is 0 Å². The van der Waals surface area contributed by atoms with Gasteiger partial charge >= 0.3 is 0 Å². The molecule has 3 rings (SSSR count). The van der Waals surface area contributed by atoms with Gasteiger partial charge < -0.3 is 4.74 Å². The van der Waals surface area contributed by atoms with E-state index >= 15 is 0 Å². The van der Waals surface area contributed by atoms with Gasteiger partial charge in [-0.1, -0.05) is 74.6 Å². The molecule has 20 heavy (non-hydrogen) atoms. The minimum absolute atomic E-state index is 0.754. The largest absolute Gasteiger partial charge is 0.493 e. The van der Waals surface area contributed by atoms with Crippen molar-refractivity contribution in [3.63, 3.8) is 0 Å². The summed E-state index contributed by atoms with van der Waals surface area (Å²) in [4.78, 5) is 0. The van der Waals surface area contributed by atoms with Crippen LogP contribution in [0.4, 0.5) is 0 Å². The number of hydrogen-bond acceptors (Lipinski definition) is 1. The molecule has 0 atom stereocenters. The molecule has 1 aliphatic rings. The SMILES string of the molecule is CCCCOc1ccc(B2CCCC2)c2ccccc12. The van der Waals surface area contributed by atoms with Crippen molar-refractivity contribution in [3.8, 4) is 5.75 Å². The Bertz CT molecular complexity index is 573. The van der Waals surface area contributed by atoms with Crippen LogP contribution < -0.4 is 10.2 Å². The number of unbranched alkanes of at least 4 members (excludes halogenated alkanes) is 1. The molecule has 0 spiro atoms. The lowest BCUT2D eigenvalue weighted by molar-refractivity contribution is 0.313. The van der Waals surface area contributed by atoms with Crippen molar-refractivity contribution in [1.82, 2.24) is 0 Å². The van der Waals surface area contributed by atoms with Crippen LogP contribution in [-0.2, 0) is 0 Å². The molecule has 0 aliphatic carbocycles. The molecule has 0 bridgehead atoms. The smallest absolute Gasteiger partial charge is 0.176 e. The molecule has 0 saturated carbocycles. The number of rotatable bonds is 5. The summed E-state index contributed by atoms with van der Waals surface area (Å²) in [6, 6.07) is 13.2. The van der Waals surface area contributed by atoms with Gasteiger partial charge in [0.15, 0.2) is 6.71 Å². The summed E-state index contributed by atoms with van der Waals surface area (Å²) in [6.45, 7) is 3.78. The van der Waals surface area contributed by atoms with Gasteiger partial charge in [0.2, 0.25) is 0 Å². The maximum atomic E-state index is 5.98. The van der Waals surface area contributed by atoms with E-state index in [1.807, 2.05) is 0 Å². The van der Waals surface area contributed by atoms with E-state index in [1.54, 1.807) is 0 Å². The monoisotopic (exact) mass is 266 g/mol. The maximum absolute atomic E-state index is 5.98. The van der Waals surface area contributed by atoms with Crippen LogP contribution in [0, 0.1) is 0 Å². The van der Waals surface area contributed by atoms with Crippen molar-refractivity contribution in [2.45, 2.75) is 45.2 Å². The lowest BCUT2D eigenvalue weighted by Gasteiger charge is -2.14. The molecule has 1 saturated heterocycles. The molecule has 2 heteroatoms. The first-order chi connectivity index (χ1) is 9.90. The van der Waals surface area contributed by atoms with Crippen LogP contribution in [0.2, 0.25) is 12.6 Å². The lowest BCUT2D eigenvalue weighted by Crippen LogP contribution is -2.27. The Morgan fingerprint density at radius 2 is 1.75 bits per heavy atom. The van der Waals surface area contributed by atoms with Crippen LogP contribution in [0.25, 0.3) is 10.8 Å². The van der Waals surface area contributed by atoms with Gasteiger partial charge in [-0.05, 0) is 17.9 Å². The predicted octanol–water partition coefficient (Wildman–Crippen LogP) is 4.51. The highest BCUT2D eigenvalue weighted by atomic mass is 16.5. The molecule has 2 aromatic carbocycles. The van der Waals surface area contributed by atoms with Gasteiger partial charge in [0, 0.05) is 5.39 Å². The first kappa shape index (κ1) is 13.5. The van der Waals surface area contributed by atoms with E-state index in [0.29, 0.717) is 0 Å². The quantitative estimate of drug-likeness (QED) is 0.571. The van der Waals surface area contributed by atoms with Crippen molar-refractivity contribution in [2.75, 3.05) is 6.61 Å². The number of fused-ring (bicyclic) bond motifs is 1. The van der Waals surface area contributed by atoms with Crippen LogP contribution in [0.5, 0.6) is 5.75 Å². The van der Waals surface area contributed by atoms with Gasteiger partial charge in [-0.2, -0.15) is 0 Å². The van der Waals surface area contributed by atoms with E-state index in [1.165, 1.54) is 48.1 Å². The molecule has 1 aliphatic heterocycles. The predicted molar refractivity (Wildman–Crippen MR) is 88.6 cm³/mol. The number of benzene rings is 2. The molecule has 1 fully saturated rings. The highest BCUT2D eigenvalue weighted by Crippen LogP contribution is 2.28. The first-order valence-electron chi connectivity index (χ1n) is 8.04. The van der Waals surface area contributed by atoms with E-state index < -0.39 is 0 Å². The van der Waals surface area contributed by atoms with Gasteiger partial charge in [0.25, 0.3) is 0 Å². The van der Waals surface area contributed by atoms with Gasteiger partial charge in [0.1, 0.15) is 5.75 Å². The van der Waals surface area contributed by atoms with E-state index in [-0.39, 0.29) is 0 Å². The Hall–Kier alpha value is -1.44. The number of ether oxygens (including phenoxy) is 1. The Labute approximate surface area is 122 Å². The zero-order valence-corrected chi connectivity index (χ0v) is 12.4. The summed E-state index contributed by atoms with van der Waals surface area (Å²) in [5.74, 6) is 1.05. The van der Waals surface area contributed by atoms with Gasteiger partial charge in [-0.3, -0.25) is 0 Å². The third-order valence-corrected chi connectivity index (χ3v) is 4.47. The topological polar surface area (TPSA) is 9.23 Å². The summed E-state index contributed by atoms with van der Waals surface area (Å²) < 4.78 is 5.98. The fraction of sp³-hybridized carbons (Fsp3) is 0.444. The zero-order valence-electron chi connectivity index (χ0n) is 12.4. The van der Waals surface area contributed by atoms with Crippen LogP contribution in [0.15, 0.2) is 36.4 Å². The van der Waals surface area contributed by atoms with E-state index in [0.717, 1.165) is 25.5 Å². The Morgan fingerprint density at radius 3 is 2.50 bits per heavy atom. The second kappa shape index (κ2) is 6.34. The summed E-state index contributed by atoms with van der Waals surface area (Å²) in [5, 5.41) is 2.68. The minimum atomic E-state index is 0.754. The molecule has 0 unspecified atom stereocenters. The fourth-order valence-corrected chi connectivity index (χ4v) is 3.34. The molecule has 0 N–H and O–H groups in total. The van der Waals surface area contributed by atoms with E-state index in [2.05, 4.69) is 43.3 Å². The summed E-state index contributed by atoms with van der Waals surface area (Å²) in [5.41, 5.74) is 1.53. The van der Waals surface area contributed by atoms with Crippen molar-refractivity contribution in [2.24, 2.45) is 0 Å². The second-order valence-electron chi connectivity index (χ2n) is 5.88. The van der Waals surface area contributed by atoms with Crippen molar-refractivity contribution < 1.29 is 4.74 Å². The molecule has 104 valence electrons. The van der Waals surface area contributed by atoms with Crippen LogP contribution >= 0.6 is 0 Å². The van der Waals surface area contributed by atoms with Crippen LogP contribution in [-0.4, -0.2) is 13.3 Å². The lowest BCUT2D eigenvalue weighted by atomic mass is 9.43. The van der Waals surface area contributed by atoms with Crippen molar-refractivity contribution in [3.05, 3.63) is 36.4 Å². The van der Waals surface area contributed by atoms with Crippen LogP contribution in [0.3, 0.4) is 0 Å². The standard InChI is InChI=1S/C18H23BO/c1-2-3-14-20-18-11-10-17(19-12-6-7-13-19)15-8-4-5-9-16(15)18/h4-5,8-11H,2-3,6-7,12-14H2,1H3. The molecule has 0 amide bonds. The molecule has 1 heterocycles. The summed E-state index contributed by atoms with van der Waals surface area (Å²) in [6.07, 6.45) is 7.76. The highest BCUT2D eigenvalue weighted by molar-refractivity contribution is 6.76. The van der Waals surface area contributed by atoms with E-state index in [9.17, 15) is 0 Å². The van der Waals surface area contributed by atoms with Crippen molar-refractivity contribution >= 4 is 22.9 Å². The average Bonchev–Trinajstić information content (AvgIpc) is 3.01. The summed E-state index contributed by atoms with van der Waals surface area (Å²) in [7, 11) is 0.